The number of nitrogens with one attached hydrogen (secondary N) is 3. The van der Waals surface area contributed by atoms with Gasteiger partial charge in [0.1, 0.15) is 0 Å². The lowest BCUT2D eigenvalue weighted by Gasteiger charge is -2.12. The first-order valence-electron chi connectivity index (χ1n) is 17.5. The Labute approximate surface area is 303 Å². The zero-order valence-electron chi connectivity index (χ0n) is 31.4. The minimum atomic E-state index is -0.562. The first-order chi connectivity index (χ1) is 24.8. The second-order valence-corrected chi connectivity index (χ2v) is 13.0. The quantitative estimate of drug-likeness (QED) is 0.154. The van der Waals surface area contributed by atoms with Crippen LogP contribution < -0.4 is 5.32 Å². The number of amides is 1. The molecule has 52 heavy (non-hydrogen) atoms. The molecule has 0 radical (unpaired) electrons. The third-order valence-electron chi connectivity index (χ3n) is 10.0. The van der Waals surface area contributed by atoms with Gasteiger partial charge in [-0.3, -0.25) is 14.4 Å². The van der Waals surface area contributed by atoms with Gasteiger partial charge in [-0.25, -0.2) is 14.8 Å². The van der Waals surface area contributed by atoms with Gasteiger partial charge < -0.3 is 29.5 Å². The van der Waals surface area contributed by atoms with E-state index >= 15 is 0 Å². The molecular formula is C40H47N5O7. The number of allylic oxidation sites excluding steroid dienone is 3. The Bertz CT molecular complexity index is 2200. The first kappa shape index (κ1) is 37.7. The maximum Gasteiger partial charge on any atom is 0.340 e. The molecule has 0 aliphatic carbocycles. The van der Waals surface area contributed by atoms with Gasteiger partial charge in [0, 0.05) is 53.9 Å². The van der Waals surface area contributed by atoms with Crippen molar-refractivity contribution < 1.29 is 33.4 Å². The van der Waals surface area contributed by atoms with Crippen molar-refractivity contribution in [3.05, 3.63) is 68.8 Å². The van der Waals surface area contributed by atoms with Crippen LogP contribution in [0.5, 0.6) is 0 Å². The Hall–Kier alpha value is -5.52. The number of ether oxygens (including phenoxy) is 3. The van der Waals surface area contributed by atoms with E-state index in [9.17, 15) is 19.2 Å². The molecule has 274 valence electrons. The minimum absolute atomic E-state index is 0.00452. The highest BCUT2D eigenvalue weighted by atomic mass is 16.5. The van der Waals surface area contributed by atoms with E-state index in [1.807, 2.05) is 32.9 Å². The van der Waals surface area contributed by atoms with Gasteiger partial charge in [-0.1, -0.05) is 6.92 Å². The molecule has 0 saturated heterocycles. The van der Waals surface area contributed by atoms with Gasteiger partial charge in [-0.2, -0.15) is 0 Å². The van der Waals surface area contributed by atoms with Gasteiger partial charge in [-0.05, 0) is 111 Å². The summed E-state index contributed by atoms with van der Waals surface area (Å²) in [7, 11) is 4.01. The number of carbonyl (C=O) groups is 4. The van der Waals surface area contributed by atoms with E-state index in [2.05, 4.69) is 35.2 Å². The van der Waals surface area contributed by atoms with Crippen LogP contribution in [-0.4, -0.2) is 71.6 Å². The minimum Gasteiger partial charge on any atom is -0.469 e. The molecule has 8 bridgehead atoms. The van der Waals surface area contributed by atoms with E-state index in [1.165, 1.54) is 28.3 Å². The van der Waals surface area contributed by atoms with Crippen LogP contribution >= 0.6 is 0 Å². The molecule has 0 atom stereocenters. The first-order valence-corrected chi connectivity index (χ1v) is 17.5. The van der Waals surface area contributed by atoms with Crippen molar-refractivity contribution in [1.29, 1.82) is 0 Å². The summed E-state index contributed by atoms with van der Waals surface area (Å²) in [5, 5.41) is 2.92. The lowest BCUT2D eigenvalue weighted by atomic mass is 9.93. The molecule has 0 aromatic carbocycles. The number of H-pyrrole nitrogens is 2. The number of nitrogens with zero attached hydrogens (tertiary/aromatic N) is 2. The predicted molar refractivity (Wildman–Crippen MR) is 201 cm³/mol. The third-order valence-corrected chi connectivity index (χ3v) is 10.0. The van der Waals surface area contributed by atoms with Crippen LogP contribution in [0.15, 0.2) is 18.2 Å². The topological polar surface area (TPSA) is 165 Å². The molecule has 1 amide bonds. The molecule has 0 saturated carbocycles. The molecule has 3 N–H and O–H groups in total. The summed E-state index contributed by atoms with van der Waals surface area (Å²) in [6.07, 6.45) is 1.91. The fourth-order valence-electron chi connectivity index (χ4n) is 7.04. The SMILES string of the molecule is CCc1c(C)c2cc3[nH]c(cc4nc(c(CCC(=O)OC)c5nc(cc1[nH]2)C(C)=C5C(=O)OC)C(CCC(=O)OC)=C4C)c(C)c3CCNC(C)=O. The Morgan fingerprint density at radius 2 is 1.23 bits per heavy atom. The van der Waals surface area contributed by atoms with Crippen LogP contribution in [0, 0.1) is 13.8 Å². The number of carbonyl (C=O) groups excluding carboxylic acids is 4. The van der Waals surface area contributed by atoms with Gasteiger partial charge in [0.05, 0.1) is 49.7 Å². The number of methoxy groups -OCH3 is 3. The zero-order chi connectivity index (χ0) is 37.9. The maximum absolute atomic E-state index is 13.5. The average molecular weight is 710 g/mol. The summed E-state index contributed by atoms with van der Waals surface area (Å²) in [5.74, 6) is -1.47. The van der Waals surface area contributed by atoms with E-state index in [1.54, 1.807) is 0 Å². The number of hydrogen-bond donors (Lipinski definition) is 3. The molecule has 12 nitrogen and oxygen atoms in total. The summed E-state index contributed by atoms with van der Waals surface area (Å²) >= 11 is 0. The predicted octanol–water partition coefficient (Wildman–Crippen LogP) is 6.27. The Morgan fingerprint density at radius 3 is 1.85 bits per heavy atom. The van der Waals surface area contributed by atoms with Crippen LogP contribution in [0.25, 0.3) is 44.4 Å². The van der Waals surface area contributed by atoms with Crippen molar-refractivity contribution in [2.24, 2.45) is 0 Å². The number of fused-ring (bicyclic) bond motifs is 8. The number of hydrogen-bond acceptors (Lipinski definition) is 9. The van der Waals surface area contributed by atoms with Gasteiger partial charge in [0.25, 0.3) is 0 Å². The Balaban J connectivity index is 1.99. The fourth-order valence-corrected chi connectivity index (χ4v) is 7.04. The molecule has 5 rings (SSSR count). The molecular weight excluding hydrogens is 662 g/mol. The number of aromatic nitrogens is 4. The number of aryl methyl sites for hydroxylation is 3. The standard InChI is InChI=1S/C40H47N5O7/c1-10-25-20(2)30-18-34-26(15-16-41-24(6)46)21(3)29(43-34)17-31-22(4)27(11-13-35(47)50-7)38(44-31)28(12-14-36(48)51-8)39-37(40(49)52-9)23(5)32(45-39)19-33(25)42-30/h17-19,42-43H,10-16H2,1-9H3,(H,41,46). The summed E-state index contributed by atoms with van der Waals surface area (Å²) < 4.78 is 15.3. The van der Waals surface area contributed by atoms with E-state index in [-0.39, 0.29) is 36.7 Å². The summed E-state index contributed by atoms with van der Waals surface area (Å²) in [5.41, 5.74) is 13.0. The zero-order valence-corrected chi connectivity index (χ0v) is 31.4. The van der Waals surface area contributed by atoms with Gasteiger partial charge in [-0.15, -0.1) is 0 Å². The van der Waals surface area contributed by atoms with Crippen molar-refractivity contribution in [2.75, 3.05) is 27.9 Å². The summed E-state index contributed by atoms with van der Waals surface area (Å²) in [4.78, 5) is 67.9. The largest absolute Gasteiger partial charge is 0.469 e. The lowest BCUT2D eigenvalue weighted by molar-refractivity contribution is -0.141. The molecule has 2 aliphatic rings. The van der Waals surface area contributed by atoms with Crippen molar-refractivity contribution in [2.45, 2.75) is 80.1 Å². The van der Waals surface area contributed by atoms with E-state index in [0.717, 1.165) is 61.9 Å². The molecule has 3 aromatic rings. The monoisotopic (exact) mass is 709 g/mol. The number of rotatable bonds is 11. The second-order valence-electron chi connectivity index (χ2n) is 13.0. The lowest BCUT2D eigenvalue weighted by Crippen LogP contribution is -2.22. The second kappa shape index (κ2) is 15.8. The van der Waals surface area contributed by atoms with E-state index in [4.69, 9.17) is 24.2 Å². The average Bonchev–Trinajstić information content (AvgIpc) is 3.80. The number of aromatic amines is 2. The molecule has 0 unspecified atom stereocenters. The molecule has 0 fully saturated rings. The molecule has 0 spiro atoms. The highest BCUT2D eigenvalue weighted by molar-refractivity contribution is 6.25. The van der Waals surface area contributed by atoms with Crippen LogP contribution in [-0.2, 0) is 52.7 Å². The fraction of sp³-hybridized carbons (Fsp3) is 0.400. The Kier molecular flexibility index (Phi) is 11.5. The number of esters is 3. The normalized spacial score (nSPS) is 12.6. The smallest absolute Gasteiger partial charge is 0.340 e. The van der Waals surface area contributed by atoms with Crippen LogP contribution in [0.2, 0.25) is 0 Å². The van der Waals surface area contributed by atoms with Crippen LogP contribution in [0.1, 0.15) is 97.6 Å². The van der Waals surface area contributed by atoms with Gasteiger partial charge in [0.15, 0.2) is 0 Å². The van der Waals surface area contributed by atoms with Gasteiger partial charge >= 0.3 is 17.9 Å². The summed E-state index contributed by atoms with van der Waals surface area (Å²) in [6.45, 7) is 12.0. The molecule has 3 aromatic heterocycles. The van der Waals surface area contributed by atoms with Crippen molar-refractivity contribution in [1.82, 2.24) is 25.3 Å². The highest BCUT2D eigenvalue weighted by Gasteiger charge is 2.31. The molecule has 5 heterocycles. The van der Waals surface area contributed by atoms with Crippen molar-refractivity contribution in [3.63, 3.8) is 0 Å². The van der Waals surface area contributed by atoms with Crippen LogP contribution in [0.3, 0.4) is 0 Å². The van der Waals surface area contributed by atoms with Gasteiger partial charge in [0.2, 0.25) is 5.91 Å². The van der Waals surface area contributed by atoms with Crippen LogP contribution in [0.4, 0.5) is 0 Å². The highest BCUT2D eigenvalue weighted by Crippen LogP contribution is 2.40. The molecule has 2 aliphatic heterocycles. The van der Waals surface area contributed by atoms with Crippen molar-refractivity contribution in [3.8, 4) is 0 Å². The Morgan fingerprint density at radius 1 is 0.673 bits per heavy atom. The van der Waals surface area contributed by atoms with Crippen molar-refractivity contribution >= 4 is 68.2 Å². The third kappa shape index (κ3) is 7.42. The summed E-state index contributed by atoms with van der Waals surface area (Å²) in [6, 6.07) is 6.02. The maximum atomic E-state index is 13.5. The molecule has 12 heteroatoms. The van der Waals surface area contributed by atoms with E-state index in [0.29, 0.717) is 53.3 Å². The van der Waals surface area contributed by atoms with E-state index < -0.39 is 11.9 Å².